The minimum atomic E-state index is -4.53. The van der Waals surface area contributed by atoms with E-state index in [1.807, 2.05) is 0 Å². The molecule has 0 fully saturated rings. The van der Waals surface area contributed by atoms with Crippen LogP contribution in [0, 0.1) is 0 Å². The monoisotopic (exact) mass is 290 g/mol. The number of ether oxygens (including phenoxy) is 1. The Labute approximate surface area is 90.0 Å². The number of alkyl halides is 5. The van der Waals surface area contributed by atoms with Crippen molar-refractivity contribution in [3.8, 4) is 5.75 Å². The summed E-state index contributed by atoms with van der Waals surface area (Å²) in [5.74, 6) is -0.329. The van der Waals surface area contributed by atoms with E-state index >= 15 is 0 Å². The second kappa shape index (κ2) is 4.34. The van der Waals surface area contributed by atoms with Crippen molar-refractivity contribution in [2.45, 2.75) is 12.8 Å². The molecule has 0 aromatic heterocycles. The van der Waals surface area contributed by atoms with E-state index < -0.39 is 18.4 Å². The number of benzene rings is 1. The zero-order valence-corrected chi connectivity index (χ0v) is 8.57. The molecule has 0 atom stereocenters. The van der Waals surface area contributed by atoms with Gasteiger partial charge in [0, 0.05) is 4.47 Å². The van der Waals surface area contributed by atoms with Gasteiger partial charge in [0.25, 0.3) is 0 Å². The van der Waals surface area contributed by atoms with Gasteiger partial charge in [-0.15, -0.1) is 0 Å². The maximum absolute atomic E-state index is 12.2. The molecule has 84 valence electrons. The van der Waals surface area contributed by atoms with Gasteiger partial charge in [-0.25, -0.2) is 0 Å². The molecule has 15 heavy (non-hydrogen) atoms. The van der Waals surface area contributed by atoms with Gasteiger partial charge in [-0.1, -0.05) is 15.9 Å². The molecule has 1 nitrogen and oxygen atoms in total. The Balaban J connectivity index is 2.99. The Kier molecular flexibility index (Phi) is 3.54. The van der Waals surface area contributed by atoms with Crippen molar-refractivity contribution in [1.29, 1.82) is 0 Å². The third kappa shape index (κ3) is 3.33. The first-order valence-electron chi connectivity index (χ1n) is 3.62. The lowest BCUT2D eigenvalue weighted by Crippen LogP contribution is -2.07. The fourth-order valence-corrected chi connectivity index (χ4v) is 1.48. The molecular weight excluding hydrogens is 287 g/mol. The van der Waals surface area contributed by atoms with Gasteiger partial charge in [-0.3, -0.25) is 0 Å². The van der Waals surface area contributed by atoms with Gasteiger partial charge >= 0.3 is 12.8 Å². The molecule has 1 aromatic carbocycles. The lowest BCUT2D eigenvalue weighted by atomic mass is 10.2. The minimum Gasteiger partial charge on any atom is -0.435 e. The minimum absolute atomic E-state index is 0.329. The van der Waals surface area contributed by atoms with Gasteiger partial charge in [-0.05, 0) is 18.2 Å². The summed E-state index contributed by atoms with van der Waals surface area (Å²) in [7, 11) is 0. The smallest absolute Gasteiger partial charge is 0.417 e. The van der Waals surface area contributed by atoms with Crippen LogP contribution in [-0.2, 0) is 6.18 Å². The summed E-state index contributed by atoms with van der Waals surface area (Å²) in [6.07, 6.45) is -4.53. The van der Waals surface area contributed by atoms with Crippen molar-refractivity contribution in [3.63, 3.8) is 0 Å². The van der Waals surface area contributed by atoms with E-state index in [2.05, 4.69) is 20.7 Å². The Hall–Kier alpha value is -0.850. The first kappa shape index (κ1) is 12.2. The summed E-state index contributed by atoms with van der Waals surface area (Å²) in [5.41, 5.74) is -0.941. The van der Waals surface area contributed by atoms with Gasteiger partial charge in [0.15, 0.2) is 0 Å². The topological polar surface area (TPSA) is 9.23 Å². The summed E-state index contributed by atoms with van der Waals surface area (Å²) in [6.45, 7) is -3.06. The molecular formula is C8H4BrF5O. The molecule has 7 heteroatoms. The zero-order valence-electron chi connectivity index (χ0n) is 6.99. The van der Waals surface area contributed by atoms with Gasteiger partial charge in [-0.2, -0.15) is 22.0 Å². The zero-order chi connectivity index (χ0) is 11.6. The highest BCUT2D eigenvalue weighted by atomic mass is 79.9. The third-order valence-electron chi connectivity index (χ3n) is 1.47. The van der Waals surface area contributed by atoms with Crippen LogP contribution in [0.2, 0.25) is 0 Å². The van der Waals surface area contributed by atoms with Gasteiger partial charge < -0.3 is 4.74 Å². The van der Waals surface area contributed by atoms with Crippen LogP contribution >= 0.6 is 15.9 Å². The van der Waals surface area contributed by atoms with E-state index in [4.69, 9.17) is 0 Å². The van der Waals surface area contributed by atoms with Gasteiger partial charge in [0.05, 0.1) is 5.56 Å². The van der Waals surface area contributed by atoms with Crippen molar-refractivity contribution < 1.29 is 26.7 Å². The fraction of sp³-hybridized carbons (Fsp3) is 0.250. The predicted octanol–water partition coefficient (Wildman–Crippen LogP) is 4.07. The fourth-order valence-electron chi connectivity index (χ4n) is 0.902. The van der Waals surface area contributed by atoms with Gasteiger partial charge in [0.2, 0.25) is 0 Å². The quantitative estimate of drug-likeness (QED) is 0.746. The highest BCUT2D eigenvalue weighted by Crippen LogP contribution is 2.36. The van der Waals surface area contributed by atoms with Crippen molar-refractivity contribution in [2.75, 3.05) is 0 Å². The maximum atomic E-state index is 12.2. The standard InChI is InChI=1S/C8H4BrF5O/c9-6-3-4(15-7(10)11)1-2-5(6)8(12,13)14/h1-3,7H. The Bertz CT molecular complexity index is 349. The van der Waals surface area contributed by atoms with Crippen LogP contribution in [0.1, 0.15) is 5.56 Å². The molecule has 0 radical (unpaired) electrons. The molecule has 0 aliphatic carbocycles. The highest BCUT2D eigenvalue weighted by Gasteiger charge is 2.33. The van der Waals surface area contributed by atoms with Crippen molar-refractivity contribution in [1.82, 2.24) is 0 Å². The first-order valence-corrected chi connectivity index (χ1v) is 4.41. The van der Waals surface area contributed by atoms with E-state index in [1.165, 1.54) is 0 Å². The molecule has 0 bridgehead atoms. The average Bonchev–Trinajstić information content (AvgIpc) is 1.99. The van der Waals surface area contributed by atoms with Crippen LogP contribution < -0.4 is 4.74 Å². The second-order valence-corrected chi connectivity index (χ2v) is 3.37. The third-order valence-corrected chi connectivity index (χ3v) is 2.13. The van der Waals surface area contributed by atoms with E-state index in [9.17, 15) is 22.0 Å². The van der Waals surface area contributed by atoms with Gasteiger partial charge in [0.1, 0.15) is 5.75 Å². The van der Waals surface area contributed by atoms with Crippen LogP contribution in [0.5, 0.6) is 5.75 Å². The number of rotatable bonds is 2. The van der Waals surface area contributed by atoms with E-state index in [0.29, 0.717) is 6.07 Å². The molecule has 0 saturated carbocycles. The molecule has 0 heterocycles. The van der Waals surface area contributed by atoms with Crippen LogP contribution in [0.4, 0.5) is 22.0 Å². The second-order valence-electron chi connectivity index (χ2n) is 2.52. The normalized spacial score (nSPS) is 11.9. The lowest BCUT2D eigenvalue weighted by molar-refractivity contribution is -0.138. The molecule has 0 aliphatic rings. The van der Waals surface area contributed by atoms with Crippen LogP contribution in [0.15, 0.2) is 22.7 Å². The summed E-state index contributed by atoms with van der Waals surface area (Å²) >= 11 is 2.63. The largest absolute Gasteiger partial charge is 0.435 e. The predicted molar refractivity (Wildman–Crippen MR) is 45.8 cm³/mol. The maximum Gasteiger partial charge on any atom is 0.417 e. The molecule has 0 amide bonds. The molecule has 0 aliphatic heterocycles. The Morgan fingerprint density at radius 2 is 1.80 bits per heavy atom. The van der Waals surface area contributed by atoms with E-state index in [1.54, 1.807) is 0 Å². The molecule has 0 spiro atoms. The number of hydrogen-bond acceptors (Lipinski definition) is 1. The van der Waals surface area contributed by atoms with Crippen molar-refractivity contribution in [2.24, 2.45) is 0 Å². The Morgan fingerprint density at radius 3 is 2.20 bits per heavy atom. The van der Waals surface area contributed by atoms with Crippen molar-refractivity contribution in [3.05, 3.63) is 28.2 Å². The first-order chi connectivity index (χ1) is 6.80. The van der Waals surface area contributed by atoms with Crippen molar-refractivity contribution >= 4 is 15.9 Å². The molecule has 0 unspecified atom stereocenters. The summed E-state index contributed by atoms with van der Waals surface area (Å²) in [6, 6.07) is 2.34. The van der Waals surface area contributed by atoms with Crippen LogP contribution in [0.25, 0.3) is 0 Å². The SMILES string of the molecule is FC(F)Oc1ccc(C(F)(F)F)c(Br)c1. The average molecular weight is 291 g/mol. The molecule has 1 rings (SSSR count). The van der Waals surface area contributed by atoms with E-state index in [0.717, 1.165) is 12.1 Å². The Morgan fingerprint density at radius 1 is 1.20 bits per heavy atom. The summed E-state index contributed by atoms with van der Waals surface area (Å²) in [4.78, 5) is 0. The number of halogens is 6. The summed E-state index contributed by atoms with van der Waals surface area (Å²) in [5, 5.41) is 0. The summed E-state index contributed by atoms with van der Waals surface area (Å²) < 4.78 is 63.7. The van der Waals surface area contributed by atoms with Crippen LogP contribution in [-0.4, -0.2) is 6.61 Å². The van der Waals surface area contributed by atoms with E-state index in [-0.39, 0.29) is 10.2 Å². The lowest BCUT2D eigenvalue weighted by Gasteiger charge is -2.10. The molecule has 1 aromatic rings. The number of hydrogen-bond donors (Lipinski definition) is 0. The molecule has 0 N–H and O–H groups in total. The molecule has 0 saturated heterocycles. The van der Waals surface area contributed by atoms with Crippen LogP contribution in [0.3, 0.4) is 0 Å². The highest BCUT2D eigenvalue weighted by molar-refractivity contribution is 9.10.